The van der Waals surface area contributed by atoms with Crippen LogP contribution < -0.4 is 10.5 Å². The molecule has 1 aliphatic carbocycles. The quantitative estimate of drug-likeness (QED) is 0.811. The topological polar surface area (TPSA) is 81.4 Å². The van der Waals surface area contributed by atoms with E-state index in [1.807, 2.05) is 13.8 Å². The summed E-state index contributed by atoms with van der Waals surface area (Å²) in [5.41, 5.74) is 7.84. The molecular formula is C14H22N2O3S. The van der Waals surface area contributed by atoms with Crippen LogP contribution in [0.1, 0.15) is 30.9 Å². The Hall–Kier alpha value is -1.11. The van der Waals surface area contributed by atoms with Gasteiger partial charge in [0.15, 0.2) is 0 Å². The third-order valence-corrected chi connectivity index (χ3v) is 5.40. The molecule has 0 aliphatic heterocycles. The van der Waals surface area contributed by atoms with E-state index in [9.17, 15) is 8.42 Å². The molecule has 1 fully saturated rings. The van der Waals surface area contributed by atoms with E-state index in [0.717, 1.165) is 24.0 Å². The summed E-state index contributed by atoms with van der Waals surface area (Å²) in [6.45, 7) is 6.26. The van der Waals surface area contributed by atoms with E-state index in [-0.39, 0.29) is 17.0 Å². The number of hydrogen-bond donors (Lipinski definition) is 2. The number of sulfonamides is 1. The average molecular weight is 298 g/mol. The summed E-state index contributed by atoms with van der Waals surface area (Å²) in [6.07, 6.45) is 1.64. The van der Waals surface area contributed by atoms with Crippen molar-refractivity contribution < 1.29 is 13.2 Å². The van der Waals surface area contributed by atoms with Crippen LogP contribution in [-0.4, -0.2) is 27.2 Å². The monoisotopic (exact) mass is 298 g/mol. The number of aryl methyl sites for hydroxylation is 1. The number of benzene rings is 1. The van der Waals surface area contributed by atoms with Gasteiger partial charge < -0.3 is 10.5 Å². The molecule has 20 heavy (non-hydrogen) atoms. The molecule has 2 rings (SSSR count). The molecule has 1 saturated carbocycles. The van der Waals surface area contributed by atoms with Gasteiger partial charge in [-0.05, 0) is 56.9 Å². The molecule has 0 saturated heterocycles. The summed E-state index contributed by atoms with van der Waals surface area (Å²) in [5, 5.41) is 0. The molecule has 0 aromatic heterocycles. The summed E-state index contributed by atoms with van der Waals surface area (Å²) in [6, 6.07) is 3.25. The molecule has 0 radical (unpaired) electrons. The predicted octanol–water partition coefficient (Wildman–Crippen LogP) is 1.73. The number of nitrogens with two attached hydrogens (primary N) is 1. The minimum absolute atomic E-state index is 0.0438. The fourth-order valence-corrected chi connectivity index (χ4v) is 4.06. The van der Waals surface area contributed by atoms with Crippen LogP contribution in [0.4, 0.5) is 5.69 Å². The van der Waals surface area contributed by atoms with Crippen molar-refractivity contribution in [3.8, 4) is 0 Å². The molecule has 5 nitrogen and oxygen atoms in total. The van der Waals surface area contributed by atoms with Gasteiger partial charge in [-0.3, -0.25) is 0 Å². The molecule has 0 amide bonds. The van der Waals surface area contributed by atoms with Crippen molar-refractivity contribution in [2.75, 3.05) is 12.3 Å². The number of rotatable bonds is 5. The highest BCUT2D eigenvalue weighted by Crippen LogP contribution is 2.27. The van der Waals surface area contributed by atoms with Crippen LogP contribution in [-0.2, 0) is 14.8 Å². The van der Waals surface area contributed by atoms with Crippen molar-refractivity contribution in [2.24, 2.45) is 0 Å². The predicted molar refractivity (Wildman–Crippen MR) is 79.1 cm³/mol. The van der Waals surface area contributed by atoms with Gasteiger partial charge in [0.25, 0.3) is 0 Å². The van der Waals surface area contributed by atoms with Gasteiger partial charge in [-0.2, -0.15) is 0 Å². The molecule has 0 unspecified atom stereocenters. The Kier molecular flexibility index (Phi) is 4.36. The number of ether oxygens (including phenoxy) is 1. The van der Waals surface area contributed by atoms with Crippen LogP contribution in [0.5, 0.6) is 0 Å². The first-order valence-corrected chi connectivity index (χ1v) is 8.32. The van der Waals surface area contributed by atoms with Crippen molar-refractivity contribution >= 4 is 15.7 Å². The van der Waals surface area contributed by atoms with Gasteiger partial charge in [0, 0.05) is 18.3 Å². The van der Waals surface area contributed by atoms with Gasteiger partial charge in [-0.15, -0.1) is 0 Å². The number of nitrogen functional groups attached to an aromatic ring is 1. The molecule has 112 valence electrons. The van der Waals surface area contributed by atoms with Gasteiger partial charge in [-0.25, -0.2) is 13.1 Å². The standard InChI is InChI=1S/C14H22N2O3S/c1-4-19-13-7-12(8-13)16-20(17,18)14-6-11(15)5-9(2)10(14)3/h5-6,12-13,16H,4,7-8,15H2,1-3H3. The molecule has 0 heterocycles. The number of hydrogen-bond acceptors (Lipinski definition) is 4. The number of nitrogens with one attached hydrogen (secondary N) is 1. The average Bonchev–Trinajstić information content (AvgIpc) is 2.31. The van der Waals surface area contributed by atoms with Crippen molar-refractivity contribution in [1.82, 2.24) is 4.72 Å². The maximum absolute atomic E-state index is 12.4. The molecule has 3 N–H and O–H groups in total. The summed E-state index contributed by atoms with van der Waals surface area (Å²) in [7, 11) is -3.52. The van der Waals surface area contributed by atoms with E-state index in [2.05, 4.69) is 4.72 Å². The largest absolute Gasteiger partial charge is 0.399 e. The SMILES string of the molecule is CCOC1CC(NS(=O)(=O)c2cc(N)cc(C)c2C)C1. The Morgan fingerprint density at radius 1 is 1.35 bits per heavy atom. The van der Waals surface area contributed by atoms with Crippen LogP contribution in [0.3, 0.4) is 0 Å². The van der Waals surface area contributed by atoms with E-state index in [1.165, 1.54) is 6.07 Å². The number of anilines is 1. The summed E-state index contributed by atoms with van der Waals surface area (Å²) < 4.78 is 33.0. The van der Waals surface area contributed by atoms with Crippen LogP contribution >= 0.6 is 0 Å². The van der Waals surface area contributed by atoms with Gasteiger partial charge in [0.1, 0.15) is 0 Å². The maximum atomic E-state index is 12.4. The molecule has 0 atom stereocenters. The molecule has 1 aromatic rings. The normalized spacial score (nSPS) is 22.6. The third-order valence-electron chi connectivity index (χ3n) is 3.75. The molecule has 1 aliphatic rings. The lowest BCUT2D eigenvalue weighted by Gasteiger charge is -2.35. The lowest BCUT2D eigenvalue weighted by atomic mass is 9.90. The van der Waals surface area contributed by atoms with E-state index in [1.54, 1.807) is 13.0 Å². The van der Waals surface area contributed by atoms with E-state index < -0.39 is 10.0 Å². The van der Waals surface area contributed by atoms with Gasteiger partial charge in [0.05, 0.1) is 11.0 Å². The molecular weight excluding hydrogens is 276 g/mol. The molecule has 0 bridgehead atoms. The lowest BCUT2D eigenvalue weighted by molar-refractivity contribution is -0.00475. The third kappa shape index (κ3) is 3.13. The molecule has 6 heteroatoms. The summed E-state index contributed by atoms with van der Waals surface area (Å²) in [5.74, 6) is 0. The first kappa shape index (κ1) is 15.3. The van der Waals surface area contributed by atoms with Crippen LogP contribution in [0, 0.1) is 13.8 Å². The highest BCUT2D eigenvalue weighted by atomic mass is 32.2. The van der Waals surface area contributed by atoms with Gasteiger partial charge in [-0.1, -0.05) is 0 Å². The van der Waals surface area contributed by atoms with E-state index in [0.29, 0.717) is 12.3 Å². The molecule has 0 spiro atoms. The zero-order valence-corrected chi connectivity index (χ0v) is 13.0. The zero-order valence-electron chi connectivity index (χ0n) is 12.1. The summed E-state index contributed by atoms with van der Waals surface area (Å²) in [4.78, 5) is 0.273. The second-order valence-corrected chi connectivity index (χ2v) is 7.01. The first-order valence-electron chi connectivity index (χ1n) is 6.84. The van der Waals surface area contributed by atoms with Crippen LogP contribution in [0.15, 0.2) is 17.0 Å². The van der Waals surface area contributed by atoms with Gasteiger partial charge in [0.2, 0.25) is 10.0 Å². The van der Waals surface area contributed by atoms with Gasteiger partial charge >= 0.3 is 0 Å². The zero-order chi connectivity index (χ0) is 14.9. The van der Waals surface area contributed by atoms with Crippen molar-refractivity contribution in [3.05, 3.63) is 23.3 Å². The minimum Gasteiger partial charge on any atom is -0.399 e. The Labute approximate surface area is 120 Å². The summed E-state index contributed by atoms with van der Waals surface area (Å²) >= 11 is 0. The van der Waals surface area contributed by atoms with Crippen molar-refractivity contribution in [1.29, 1.82) is 0 Å². The second kappa shape index (κ2) is 5.71. The Balaban J connectivity index is 2.12. The smallest absolute Gasteiger partial charge is 0.241 e. The van der Waals surface area contributed by atoms with E-state index >= 15 is 0 Å². The van der Waals surface area contributed by atoms with Crippen molar-refractivity contribution in [3.63, 3.8) is 0 Å². The lowest BCUT2D eigenvalue weighted by Crippen LogP contribution is -2.47. The Morgan fingerprint density at radius 3 is 2.60 bits per heavy atom. The highest BCUT2D eigenvalue weighted by molar-refractivity contribution is 7.89. The Morgan fingerprint density at radius 2 is 2.00 bits per heavy atom. The second-order valence-electron chi connectivity index (χ2n) is 5.33. The fourth-order valence-electron chi connectivity index (χ4n) is 2.45. The van der Waals surface area contributed by atoms with E-state index in [4.69, 9.17) is 10.5 Å². The van der Waals surface area contributed by atoms with Crippen LogP contribution in [0.2, 0.25) is 0 Å². The maximum Gasteiger partial charge on any atom is 0.241 e. The Bertz CT molecular complexity index is 593. The van der Waals surface area contributed by atoms with Crippen molar-refractivity contribution in [2.45, 2.75) is 50.7 Å². The highest BCUT2D eigenvalue weighted by Gasteiger charge is 2.33. The molecule has 1 aromatic carbocycles. The van der Waals surface area contributed by atoms with Crippen LogP contribution in [0.25, 0.3) is 0 Å². The minimum atomic E-state index is -3.52. The fraction of sp³-hybridized carbons (Fsp3) is 0.571. The first-order chi connectivity index (χ1) is 9.33.